The maximum absolute atomic E-state index is 12.7. The van der Waals surface area contributed by atoms with Crippen LogP contribution in [0.2, 0.25) is 0 Å². The first-order valence-electron chi connectivity index (χ1n) is 9.19. The van der Waals surface area contributed by atoms with Crippen LogP contribution in [-0.4, -0.2) is 23.3 Å². The van der Waals surface area contributed by atoms with Crippen LogP contribution in [-0.2, 0) is 19.0 Å². The van der Waals surface area contributed by atoms with Gasteiger partial charge in [-0.25, -0.2) is 0 Å². The van der Waals surface area contributed by atoms with Crippen LogP contribution in [0, 0.1) is 0 Å². The Bertz CT molecular complexity index is 789. The van der Waals surface area contributed by atoms with Crippen LogP contribution in [0.3, 0.4) is 0 Å². The van der Waals surface area contributed by atoms with E-state index in [1.165, 1.54) is 38.4 Å². The smallest absolute Gasteiger partial charge is 0.398 e. The Hall–Kier alpha value is -2.35. The normalized spacial score (nSPS) is 16.4. The van der Waals surface area contributed by atoms with E-state index in [0.29, 0.717) is 17.1 Å². The summed E-state index contributed by atoms with van der Waals surface area (Å²) in [7, 11) is 0. The third kappa shape index (κ3) is 4.50. The van der Waals surface area contributed by atoms with E-state index in [2.05, 4.69) is 15.5 Å². The number of nitrogen functional groups attached to an aromatic ring is 2. The minimum absolute atomic E-state index is 0.0398. The van der Waals surface area contributed by atoms with Gasteiger partial charge in [-0.3, -0.25) is 0 Å². The third-order valence-electron chi connectivity index (χ3n) is 4.91. The zero-order valence-electron chi connectivity index (χ0n) is 15.1. The number of nitrogens with two attached hydrogens (primary N) is 2. The molecule has 1 aliphatic carbocycles. The fraction of sp³-hybridized carbons (Fsp3) is 0.474. The van der Waals surface area contributed by atoms with Crippen LogP contribution < -0.4 is 16.8 Å². The second-order valence-electron chi connectivity index (χ2n) is 6.85. The lowest BCUT2D eigenvalue weighted by molar-refractivity contribution is -0.137. The van der Waals surface area contributed by atoms with Crippen LogP contribution in [0.1, 0.15) is 42.4 Å². The maximum atomic E-state index is 12.7. The fourth-order valence-electron chi connectivity index (χ4n) is 3.49. The second kappa shape index (κ2) is 8.12. The van der Waals surface area contributed by atoms with E-state index in [9.17, 15) is 13.2 Å². The quantitative estimate of drug-likeness (QED) is 0.659. The largest absolute Gasteiger partial charge is 0.416 e. The van der Waals surface area contributed by atoms with E-state index in [1.54, 1.807) is 0 Å². The molecule has 146 valence electrons. The molecule has 0 spiro atoms. The molecule has 0 radical (unpaired) electrons. The van der Waals surface area contributed by atoms with Gasteiger partial charge in [-0.15, -0.1) is 10.2 Å². The van der Waals surface area contributed by atoms with Crippen molar-refractivity contribution in [3.05, 3.63) is 34.9 Å². The summed E-state index contributed by atoms with van der Waals surface area (Å²) in [5, 5.41) is 11.2. The molecule has 5 N–H and O–H groups in total. The van der Waals surface area contributed by atoms with Gasteiger partial charge in [-0.1, -0.05) is 12.5 Å². The Morgan fingerprint density at radius 2 is 1.59 bits per heavy atom. The van der Waals surface area contributed by atoms with E-state index in [0.717, 1.165) is 42.5 Å². The minimum Gasteiger partial charge on any atom is -0.398 e. The van der Waals surface area contributed by atoms with E-state index < -0.39 is 11.7 Å². The Balaban J connectivity index is 0.000000299. The predicted octanol–water partition coefficient (Wildman–Crippen LogP) is 3.58. The van der Waals surface area contributed by atoms with Crippen molar-refractivity contribution in [2.75, 3.05) is 24.6 Å². The Morgan fingerprint density at radius 1 is 0.889 bits per heavy atom. The van der Waals surface area contributed by atoms with Crippen molar-refractivity contribution in [2.45, 2.75) is 44.7 Å². The van der Waals surface area contributed by atoms with Gasteiger partial charge in [0.1, 0.15) is 5.82 Å². The number of nitrogens with zero attached hydrogens (tertiary/aromatic N) is 2. The molecule has 8 heteroatoms. The summed E-state index contributed by atoms with van der Waals surface area (Å²) in [6.07, 6.45) is 2.32. The first-order chi connectivity index (χ1) is 12.9. The van der Waals surface area contributed by atoms with Crippen LogP contribution in [0.4, 0.5) is 24.7 Å². The summed E-state index contributed by atoms with van der Waals surface area (Å²) in [4.78, 5) is 0. The first-order valence-corrected chi connectivity index (χ1v) is 9.19. The van der Waals surface area contributed by atoms with Crippen molar-refractivity contribution >= 4 is 11.5 Å². The molecule has 1 aliphatic heterocycles. The minimum atomic E-state index is -4.42. The van der Waals surface area contributed by atoms with Crippen LogP contribution >= 0.6 is 0 Å². The van der Waals surface area contributed by atoms with Crippen molar-refractivity contribution in [3.63, 3.8) is 0 Å². The number of anilines is 2. The van der Waals surface area contributed by atoms with Crippen molar-refractivity contribution in [1.82, 2.24) is 15.5 Å². The number of aromatic nitrogens is 2. The standard InChI is InChI=1S/C14H13F3N4.C5H11N/c15-14(16,17)7-4-5-10(11(18)6-7)12-8-2-1-3-9(8)13(19)21-20-12;1-2-4-6-5-3-1/h4-6H,1-3,18H2,(H2,19,21);6H,1-5H2. The number of benzene rings is 1. The summed E-state index contributed by atoms with van der Waals surface area (Å²) in [6, 6.07) is 3.27. The Labute approximate surface area is 156 Å². The van der Waals surface area contributed by atoms with E-state index in [1.807, 2.05) is 0 Å². The molecular weight excluding hydrogens is 355 g/mol. The third-order valence-corrected chi connectivity index (χ3v) is 4.91. The molecule has 1 aromatic heterocycles. The molecular formula is C19H24F3N5. The first kappa shape index (κ1) is 19.4. The van der Waals surface area contributed by atoms with Crippen molar-refractivity contribution in [3.8, 4) is 11.3 Å². The van der Waals surface area contributed by atoms with Gasteiger partial charge >= 0.3 is 6.18 Å². The van der Waals surface area contributed by atoms with Gasteiger partial charge < -0.3 is 16.8 Å². The Kier molecular flexibility index (Phi) is 5.84. The number of fused-ring (bicyclic) bond motifs is 1. The molecule has 0 amide bonds. The number of nitrogens with one attached hydrogen (secondary N) is 1. The molecule has 0 bridgehead atoms. The average molecular weight is 379 g/mol. The van der Waals surface area contributed by atoms with Crippen LogP contribution in [0.5, 0.6) is 0 Å². The highest BCUT2D eigenvalue weighted by Crippen LogP contribution is 2.38. The molecule has 0 atom stereocenters. The average Bonchev–Trinajstić information content (AvgIpc) is 3.14. The predicted molar refractivity (Wildman–Crippen MR) is 100 cm³/mol. The summed E-state index contributed by atoms with van der Waals surface area (Å²) in [5.41, 5.74) is 13.7. The summed E-state index contributed by atoms with van der Waals surface area (Å²) < 4.78 is 38.0. The molecule has 5 nitrogen and oxygen atoms in total. The summed E-state index contributed by atoms with van der Waals surface area (Å²) in [5.74, 6) is 0.386. The number of piperidine rings is 1. The van der Waals surface area contributed by atoms with Gasteiger partial charge in [0.25, 0.3) is 0 Å². The molecule has 2 aromatic rings. The maximum Gasteiger partial charge on any atom is 0.416 e. The van der Waals surface area contributed by atoms with Gasteiger partial charge in [0.15, 0.2) is 0 Å². The number of rotatable bonds is 1. The van der Waals surface area contributed by atoms with Gasteiger partial charge in [0.2, 0.25) is 0 Å². The molecule has 1 aromatic carbocycles. The van der Waals surface area contributed by atoms with Gasteiger partial charge in [-0.2, -0.15) is 13.2 Å². The molecule has 2 heterocycles. The molecule has 27 heavy (non-hydrogen) atoms. The molecule has 1 saturated heterocycles. The number of hydrogen-bond donors (Lipinski definition) is 3. The van der Waals surface area contributed by atoms with E-state index in [-0.39, 0.29) is 5.69 Å². The molecule has 0 saturated carbocycles. The Morgan fingerprint density at radius 3 is 2.15 bits per heavy atom. The zero-order valence-corrected chi connectivity index (χ0v) is 15.1. The van der Waals surface area contributed by atoms with Crippen molar-refractivity contribution < 1.29 is 13.2 Å². The summed E-state index contributed by atoms with van der Waals surface area (Å²) >= 11 is 0. The molecule has 0 unspecified atom stereocenters. The van der Waals surface area contributed by atoms with Crippen LogP contribution in [0.15, 0.2) is 18.2 Å². The van der Waals surface area contributed by atoms with Gasteiger partial charge in [0, 0.05) is 16.8 Å². The zero-order chi connectivity index (χ0) is 19.4. The monoisotopic (exact) mass is 379 g/mol. The SMILES string of the molecule is C1CCNCC1.Nc1cc(C(F)(F)F)ccc1-c1nnc(N)c2c1CCC2. The lowest BCUT2D eigenvalue weighted by Gasteiger charge is -2.13. The van der Waals surface area contributed by atoms with Gasteiger partial charge in [-0.05, 0) is 62.9 Å². The topological polar surface area (TPSA) is 89.8 Å². The molecule has 1 fully saturated rings. The summed E-state index contributed by atoms with van der Waals surface area (Å²) in [6.45, 7) is 2.50. The highest BCUT2D eigenvalue weighted by molar-refractivity contribution is 5.78. The highest BCUT2D eigenvalue weighted by Gasteiger charge is 2.31. The van der Waals surface area contributed by atoms with E-state index in [4.69, 9.17) is 11.5 Å². The van der Waals surface area contributed by atoms with Crippen molar-refractivity contribution in [1.29, 1.82) is 0 Å². The van der Waals surface area contributed by atoms with E-state index >= 15 is 0 Å². The second-order valence-corrected chi connectivity index (χ2v) is 6.85. The highest BCUT2D eigenvalue weighted by atomic mass is 19.4. The lowest BCUT2D eigenvalue weighted by atomic mass is 10.0. The molecule has 4 rings (SSSR count). The van der Waals surface area contributed by atoms with Crippen LogP contribution in [0.25, 0.3) is 11.3 Å². The number of halogens is 3. The number of alkyl halides is 3. The fourth-order valence-corrected chi connectivity index (χ4v) is 3.49. The van der Waals surface area contributed by atoms with Crippen molar-refractivity contribution in [2.24, 2.45) is 0 Å². The lowest BCUT2D eigenvalue weighted by Crippen LogP contribution is -2.21. The number of hydrogen-bond acceptors (Lipinski definition) is 5. The molecule has 2 aliphatic rings. The van der Waals surface area contributed by atoms with Gasteiger partial charge in [0.05, 0.1) is 11.3 Å².